The highest BCUT2D eigenvalue weighted by Gasteiger charge is 2.52. The summed E-state index contributed by atoms with van der Waals surface area (Å²) in [6.45, 7) is 13.5. The van der Waals surface area contributed by atoms with Crippen molar-refractivity contribution in [3.63, 3.8) is 0 Å². The fraction of sp³-hybridized carbons (Fsp3) is 0.450. The summed E-state index contributed by atoms with van der Waals surface area (Å²) in [5.41, 5.74) is 2.31. The van der Waals surface area contributed by atoms with Crippen LogP contribution in [0.25, 0.3) is 0 Å². The van der Waals surface area contributed by atoms with Crippen LogP contribution in [0.4, 0.5) is 0 Å². The van der Waals surface area contributed by atoms with Gasteiger partial charge in [0.1, 0.15) is 0 Å². The third-order valence-corrected chi connectivity index (χ3v) is 6.85. The van der Waals surface area contributed by atoms with Crippen LogP contribution in [0.5, 0.6) is 0 Å². The third kappa shape index (κ3) is 4.40. The van der Waals surface area contributed by atoms with Gasteiger partial charge in [-0.3, -0.25) is 4.79 Å². The van der Waals surface area contributed by atoms with Crippen molar-refractivity contribution in [2.45, 2.75) is 56.1 Å². The first-order valence-electron chi connectivity index (χ1n) is 8.37. The Balaban J connectivity index is 3.64. The van der Waals surface area contributed by atoms with E-state index < -0.39 is 20.6 Å². The summed E-state index contributed by atoms with van der Waals surface area (Å²) in [7, 11) is -2.78. The van der Waals surface area contributed by atoms with E-state index in [2.05, 4.69) is 13.2 Å². The molecule has 0 atom stereocenters. The number of allylic oxidation sites excluding steroid dienone is 2. The van der Waals surface area contributed by atoms with E-state index in [-0.39, 0.29) is 17.7 Å². The van der Waals surface area contributed by atoms with Crippen molar-refractivity contribution >= 4 is 15.8 Å². The fourth-order valence-electron chi connectivity index (χ4n) is 2.69. The smallest absolute Gasteiger partial charge is 0.328 e. The Morgan fingerprint density at radius 1 is 1.04 bits per heavy atom. The van der Waals surface area contributed by atoms with Crippen LogP contribution < -0.4 is 0 Å². The van der Waals surface area contributed by atoms with E-state index in [0.29, 0.717) is 24.0 Å². The number of rotatable bonds is 9. The lowest BCUT2D eigenvalue weighted by Gasteiger charge is -2.32. The average molecular weight is 365 g/mol. The van der Waals surface area contributed by atoms with Crippen LogP contribution in [-0.2, 0) is 19.4 Å². The number of hydrogen-bond donors (Lipinski definition) is 0. The average Bonchev–Trinajstić information content (AvgIpc) is 2.60. The third-order valence-electron chi connectivity index (χ3n) is 4.47. The number of benzene rings is 1. The molecule has 1 aromatic rings. The second-order valence-corrected chi connectivity index (χ2v) is 8.62. The number of sulfone groups is 1. The lowest BCUT2D eigenvalue weighted by Crippen LogP contribution is -2.48. The first-order chi connectivity index (χ1) is 11.6. The molecule has 0 heterocycles. The molecule has 0 aliphatic rings. The first kappa shape index (κ1) is 21.2. The van der Waals surface area contributed by atoms with E-state index in [1.807, 2.05) is 20.8 Å². The Labute approximate surface area is 151 Å². The number of aryl methyl sites for hydroxylation is 1. The van der Waals surface area contributed by atoms with Gasteiger partial charge >= 0.3 is 5.97 Å². The summed E-state index contributed by atoms with van der Waals surface area (Å²) in [6.07, 6.45) is 1.21. The number of methoxy groups -OCH3 is 1. The van der Waals surface area contributed by atoms with Gasteiger partial charge in [-0.25, -0.2) is 8.42 Å². The molecule has 4 nitrogen and oxygen atoms in total. The highest BCUT2D eigenvalue weighted by Crippen LogP contribution is 2.39. The second kappa shape index (κ2) is 8.48. The first-order valence-corrected chi connectivity index (χ1v) is 9.86. The SMILES string of the molecule is C=C(CC)CC(CC(=C)CC)(C(=O)OC)S(=O)(=O)c1ccc(C)cc1. The van der Waals surface area contributed by atoms with Crippen LogP contribution in [0.15, 0.2) is 53.5 Å². The van der Waals surface area contributed by atoms with Crippen LogP contribution in [0.1, 0.15) is 45.1 Å². The van der Waals surface area contributed by atoms with Gasteiger partial charge in [0, 0.05) is 0 Å². The minimum absolute atomic E-state index is 0.0192. The maximum absolute atomic E-state index is 13.5. The van der Waals surface area contributed by atoms with E-state index in [4.69, 9.17) is 4.74 Å². The van der Waals surface area contributed by atoms with E-state index in [1.54, 1.807) is 12.1 Å². The quantitative estimate of drug-likeness (QED) is 0.481. The normalized spacial score (nSPS) is 11.8. The van der Waals surface area contributed by atoms with Gasteiger partial charge in [0.05, 0.1) is 12.0 Å². The molecular formula is C20H28O4S. The molecule has 0 spiro atoms. The highest BCUT2D eigenvalue weighted by atomic mass is 32.2. The van der Waals surface area contributed by atoms with E-state index in [1.165, 1.54) is 19.2 Å². The standard InChI is InChI=1S/C20H28O4S/c1-7-15(3)13-20(19(21)24-6,14-16(4)8-2)25(22,23)18-11-9-17(5)10-12-18/h9-12H,3-4,7-8,13-14H2,1-2,5-6H3. The van der Waals surface area contributed by atoms with Crippen molar-refractivity contribution < 1.29 is 17.9 Å². The molecule has 0 unspecified atom stereocenters. The number of hydrogen-bond acceptors (Lipinski definition) is 4. The van der Waals surface area contributed by atoms with Crippen LogP contribution >= 0.6 is 0 Å². The predicted octanol–water partition coefficient (Wildman–Crippen LogP) is 4.39. The largest absolute Gasteiger partial charge is 0.468 e. The zero-order valence-electron chi connectivity index (χ0n) is 15.6. The molecule has 0 aliphatic carbocycles. The van der Waals surface area contributed by atoms with Crippen molar-refractivity contribution in [3.05, 3.63) is 54.1 Å². The minimum Gasteiger partial charge on any atom is -0.468 e. The van der Waals surface area contributed by atoms with Gasteiger partial charge in [0.25, 0.3) is 0 Å². The van der Waals surface area contributed by atoms with Crippen LogP contribution in [-0.4, -0.2) is 26.2 Å². The molecule has 0 amide bonds. The zero-order chi connectivity index (χ0) is 19.3. The molecule has 0 bridgehead atoms. The van der Waals surface area contributed by atoms with Crippen molar-refractivity contribution in [1.29, 1.82) is 0 Å². The number of carbonyl (C=O) groups is 1. The Kier molecular flexibility index (Phi) is 7.17. The molecule has 0 saturated carbocycles. The van der Waals surface area contributed by atoms with E-state index in [9.17, 15) is 13.2 Å². The molecule has 0 fully saturated rings. The predicted molar refractivity (Wildman–Crippen MR) is 101 cm³/mol. The molecule has 0 saturated heterocycles. The minimum atomic E-state index is -4.00. The fourth-order valence-corrected chi connectivity index (χ4v) is 4.73. The Hall–Kier alpha value is -1.88. The van der Waals surface area contributed by atoms with E-state index in [0.717, 1.165) is 5.56 Å². The van der Waals surface area contributed by atoms with Gasteiger partial charge in [-0.1, -0.05) is 55.8 Å². The lowest BCUT2D eigenvalue weighted by atomic mass is 9.90. The van der Waals surface area contributed by atoms with Gasteiger partial charge in [-0.15, -0.1) is 0 Å². The molecule has 138 valence electrons. The Bertz CT molecular complexity index is 724. The summed E-state index contributed by atoms with van der Waals surface area (Å²) in [4.78, 5) is 12.8. The zero-order valence-corrected chi connectivity index (χ0v) is 16.4. The maximum Gasteiger partial charge on any atom is 0.328 e. The summed E-state index contributed by atoms with van der Waals surface area (Å²) in [5.74, 6) is -0.766. The van der Waals surface area contributed by atoms with Crippen molar-refractivity contribution in [3.8, 4) is 0 Å². The van der Waals surface area contributed by atoms with E-state index >= 15 is 0 Å². The summed E-state index contributed by atoms with van der Waals surface area (Å²) in [6, 6.07) is 6.51. The van der Waals surface area contributed by atoms with Crippen LogP contribution in [0.3, 0.4) is 0 Å². The summed E-state index contributed by atoms with van der Waals surface area (Å²) < 4.78 is 30.2. The highest BCUT2D eigenvalue weighted by molar-refractivity contribution is 7.93. The van der Waals surface area contributed by atoms with Crippen molar-refractivity contribution in [1.82, 2.24) is 0 Å². The second-order valence-electron chi connectivity index (χ2n) is 6.36. The number of ether oxygens (including phenoxy) is 1. The van der Waals surface area contributed by atoms with Crippen LogP contribution in [0.2, 0.25) is 0 Å². The van der Waals surface area contributed by atoms with Gasteiger partial charge < -0.3 is 4.74 Å². The Morgan fingerprint density at radius 3 is 1.84 bits per heavy atom. The molecular weight excluding hydrogens is 336 g/mol. The summed E-state index contributed by atoms with van der Waals surface area (Å²) in [5, 5.41) is 0. The molecule has 0 N–H and O–H groups in total. The molecule has 0 radical (unpaired) electrons. The van der Waals surface area contributed by atoms with Gasteiger partial charge in [-0.2, -0.15) is 0 Å². The Morgan fingerprint density at radius 2 is 1.48 bits per heavy atom. The van der Waals surface area contributed by atoms with Crippen LogP contribution in [0, 0.1) is 6.92 Å². The number of esters is 1. The molecule has 0 aliphatic heterocycles. The van der Waals surface area contributed by atoms with Gasteiger partial charge in [0.2, 0.25) is 0 Å². The molecule has 25 heavy (non-hydrogen) atoms. The lowest BCUT2D eigenvalue weighted by molar-refractivity contribution is -0.143. The monoisotopic (exact) mass is 364 g/mol. The molecule has 1 aromatic carbocycles. The molecule has 1 rings (SSSR count). The van der Waals surface area contributed by atoms with Crippen molar-refractivity contribution in [2.24, 2.45) is 0 Å². The van der Waals surface area contributed by atoms with Gasteiger partial charge in [0.15, 0.2) is 14.6 Å². The molecule has 5 heteroatoms. The van der Waals surface area contributed by atoms with Crippen molar-refractivity contribution in [2.75, 3.05) is 7.11 Å². The van der Waals surface area contributed by atoms with Gasteiger partial charge in [-0.05, 0) is 44.7 Å². The molecule has 0 aromatic heterocycles. The maximum atomic E-state index is 13.5. The topological polar surface area (TPSA) is 60.4 Å². The number of carbonyl (C=O) groups excluding carboxylic acids is 1. The summed E-state index contributed by atoms with van der Waals surface area (Å²) >= 11 is 0.